The number of aliphatic hydroxyl groups is 2. The topological polar surface area (TPSA) is 104 Å². The number of fused-ring (bicyclic) bond motifs is 1. The average Bonchev–Trinajstić information content (AvgIpc) is 2.85. The van der Waals surface area contributed by atoms with E-state index in [1.54, 1.807) is 54.2 Å². The highest BCUT2D eigenvalue weighted by Gasteiger charge is 2.34. The minimum atomic E-state index is -0.948. The van der Waals surface area contributed by atoms with Crippen molar-refractivity contribution in [3.05, 3.63) is 41.0 Å². The number of carbonyl (C=O) groups is 1. The first-order valence-electron chi connectivity index (χ1n) is 12.6. The highest BCUT2D eigenvalue weighted by molar-refractivity contribution is 6.03. The van der Waals surface area contributed by atoms with Crippen molar-refractivity contribution in [2.45, 2.75) is 76.6 Å². The molecule has 2 aromatic rings. The van der Waals surface area contributed by atoms with E-state index in [2.05, 4.69) is 0 Å². The summed E-state index contributed by atoms with van der Waals surface area (Å²) in [5, 5.41) is 20.9. The summed E-state index contributed by atoms with van der Waals surface area (Å²) >= 11 is 0. The van der Waals surface area contributed by atoms with Crippen LogP contribution in [0, 0.1) is 0 Å². The summed E-state index contributed by atoms with van der Waals surface area (Å²) in [5.74, 6) is 2.39. The SMILES string of the molecule is COc1ccc([C@@H]2CC(=O)c3c(cc(OC)c(CCC(C)(O)CCCC(C)(C)O)c3OC)O2)cc1OC. The predicted octanol–water partition coefficient (Wildman–Crippen LogP) is 5.05. The normalized spacial score (nSPS) is 16.9. The fourth-order valence-electron chi connectivity index (χ4n) is 4.78. The molecule has 37 heavy (non-hydrogen) atoms. The van der Waals surface area contributed by atoms with Gasteiger partial charge in [0, 0.05) is 11.6 Å². The first-order chi connectivity index (χ1) is 17.4. The van der Waals surface area contributed by atoms with E-state index in [-0.39, 0.29) is 12.2 Å². The summed E-state index contributed by atoms with van der Waals surface area (Å²) in [6.07, 6.45) is 2.35. The summed E-state index contributed by atoms with van der Waals surface area (Å²) in [7, 11) is 6.21. The fourth-order valence-corrected chi connectivity index (χ4v) is 4.78. The van der Waals surface area contributed by atoms with Gasteiger partial charge in [0.15, 0.2) is 17.3 Å². The summed E-state index contributed by atoms with van der Waals surface area (Å²) in [6, 6.07) is 7.17. The zero-order valence-corrected chi connectivity index (χ0v) is 23.0. The zero-order chi connectivity index (χ0) is 27.4. The lowest BCUT2D eigenvalue weighted by Gasteiger charge is -2.30. The highest BCUT2D eigenvalue weighted by Crippen LogP contribution is 2.46. The molecule has 1 unspecified atom stereocenters. The molecular formula is C29H40O8. The van der Waals surface area contributed by atoms with Crippen LogP contribution in [0.3, 0.4) is 0 Å². The number of ketones is 1. The Morgan fingerprint density at radius 3 is 2.16 bits per heavy atom. The van der Waals surface area contributed by atoms with Crippen LogP contribution in [0.4, 0.5) is 0 Å². The van der Waals surface area contributed by atoms with Gasteiger partial charge in [-0.15, -0.1) is 0 Å². The molecule has 0 bridgehead atoms. The molecule has 2 atom stereocenters. The van der Waals surface area contributed by atoms with Gasteiger partial charge in [-0.25, -0.2) is 0 Å². The number of benzene rings is 2. The molecule has 8 heteroatoms. The molecule has 2 N–H and O–H groups in total. The van der Waals surface area contributed by atoms with E-state index in [1.807, 2.05) is 12.1 Å². The van der Waals surface area contributed by atoms with Crippen LogP contribution in [0.1, 0.15) is 80.5 Å². The molecule has 0 saturated carbocycles. The van der Waals surface area contributed by atoms with Crippen molar-refractivity contribution in [3.8, 4) is 28.7 Å². The fraction of sp³-hybridized carbons (Fsp3) is 0.552. The summed E-state index contributed by atoms with van der Waals surface area (Å²) in [6.45, 7) is 5.31. The summed E-state index contributed by atoms with van der Waals surface area (Å²) in [5.41, 5.74) is 0.178. The Labute approximate surface area is 219 Å². The van der Waals surface area contributed by atoms with E-state index in [0.29, 0.717) is 72.0 Å². The number of hydrogen-bond donors (Lipinski definition) is 2. The second kappa shape index (κ2) is 11.6. The minimum Gasteiger partial charge on any atom is -0.496 e. The standard InChI is InChI=1S/C29H40O8/c1-28(2,31)12-8-13-29(3,32)14-11-19-23(34-5)17-25-26(27(19)36-7)20(30)16-22(37-25)18-9-10-21(33-4)24(15-18)35-6/h9-10,15,17,22,31-32H,8,11-14,16H2,1-7H3/t22-,29?/m0/s1. The van der Waals surface area contributed by atoms with Crippen LogP contribution in [0.15, 0.2) is 24.3 Å². The second-order valence-electron chi connectivity index (χ2n) is 10.5. The molecule has 0 fully saturated rings. The number of methoxy groups -OCH3 is 4. The molecule has 0 aromatic heterocycles. The predicted molar refractivity (Wildman–Crippen MR) is 141 cm³/mol. The second-order valence-corrected chi connectivity index (χ2v) is 10.5. The third-order valence-corrected chi connectivity index (χ3v) is 6.85. The Bertz CT molecular complexity index is 1100. The Morgan fingerprint density at radius 1 is 0.892 bits per heavy atom. The van der Waals surface area contributed by atoms with Crippen LogP contribution >= 0.6 is 0 Å². The maximum Gasteiger partial charge on any atom is 0.174 e. The molecule has 8 nitrogen and oxygen atoms in total. The minimum absolute atomic E-state index is 0.0984. The number of hydrogen-bond acceptors (Lipinski definition) is 8. The van der Waals surface area contributed by atoms with E-state index in [0.717, 1.165) is 5.56 Å². The number of Topliss-reactive ketones (excluding diaryl/α,β-unsaturated/α-hetero) is 1. The summed E-state index contributed by atoms with van der Waals surface area (Å²) < 4.78 is 28.4. The maximum atomic E-state index is 13.4. The van der Waals surface area contributed by atoms with Gasteiger partial charge < -0.3 is 33.9 Å². The monoisotopic (exact) mass is 516 g/mol. The molecule has 0 aliphatic carbocycles. The average molecular weight is 517 g/mol. The lowest BCUT2D eigenvalue weighted by molar-refractivity contribution is 0.0240. The van der Waals surface area contributed by atoms with E-state index in [1.165, 1.54) is 7.11 Å². The van der Waals surface area contributed by atoms with Crippen LogP contribution in [-0.4, -0.2) is 55.6 Å². The molecule has 204 valence electrons. The number of ether oxygens (including phenoxy) is 5. The third-order valence-electron chi connectivity index (χ3n) is 6.85. The Hall–Kier alpha value is -2.97. The molecule has 1 heterocycles. The van der Waals surface area contributed by atoms with Crippen molar-refractivity contribution in [3.63, 3.8) is 0 Å². The van der Waals surface area contributed by atoms with Gasteiger partial charge in [-0.3, -0.25) is 4.79 Å². The van der Waals surface area contributed by atoms with Crippen molar-refractivity contribution in [1.29, 1.82) is 0 Å². The van der Waals surface area contributed by atoms with Gasteiger partial charge in [-0.05, 0) is 70.6 Å². The number of carbonyl (C=O) groups excluding carboxylic acids is 1. The lowest BCUT2D eigenvalue weighted by Crippen LogP contribution is -2.27. The first-order valence-corrected chi connectivity index (χ1v) is 12.6. The zero-order valence-electron chi connectivity index (χ0n) is 23.0. The Kier molecular flexibility index (Phi) is 8.97. The number of rotatable bonds is 12. The van der Waals surface area contributed by atoms with E-state index in [4.69, 9.17) is 23.7 Å². The van der Waals surface area contributed by atoms with Crippen molar-refractivity contribution in [2.24, 2.45) is 0 Å². The first kappa shape index (κ1) is 28.6. The molecule has 0 amide bonds. The van der Waals surface area contributed by atoms with Crippen LogP contribution in [0.5, 0.6) is 28.7 Å². The maximum absolute atomic E-state index is 13.4. The molecule has 0 spiro atoms. The largest absolute Gasteiger partial charge is 0.496 e. The van der Waals surface area contributed by atoms with Gasteiger partial charge in [0.05, 0.1) is 46.1 Å². The molecular weight excluding hydrogens is 476 g/mol. The Morgan fingerprint density at radius 2 is 1.57 bits per heavy atom. The lowest BCUT2D eigenvalue weighted by atomic mass is 9.87. The van der Waals surface area contributed by atoms with Gasteiger partial charge >= 0.3 is 0 Å². The van der Waals surface area contributed by atoms with Gasteiger partial charge in [0.2, 0.25) is 0 Å². The molecule has 3 rings (SSSR count). The highest BCUT2D eigenvalue weighted by atomic mass is 16.5. The van der Waals surface area contributed by atoms with E-state index in [9.17, 15) is 15.0 Å². The van der Waals surface area contributed by atoms with Crippen LogP contribution < -0.4 is 23.7 Å². The summed E-state index contributed by atoms with van der Waals surface area (Å²) in [4.78, 5) is 13.4. The van der Waals surface area contributed by atoms with Crippen molar-refractivity contribution >= 4 is 5.78 Å². The Balaban J connectivity index is 1.87. The molecule has 1 aliphatic heterocycles. The smallest absolute Gasteiger partial charge is 0.174 e. The van der Waals surface area contributed by atoms with Gasteiger partial charge in [-0.1, -0.05) is 6.07 Å². The van der Waals surface area contributed by atoms with Crippen molar-refractivity contribution in [1.82, 2.24) is 0 Å². The van der Waals surface area contributed by atoms with E-state index >= 15 is 0 Å². The van der Waals surface area contributed by atoms with Gasteiger partial charge in [0.25, 0.3) is 0 Å². The van der Waals surface area contributed by atoms with Crippen LogP contribution in [0.2, 0.25) is 0 Å². The third kappa shape index (κ3) is 6.87. The molecule has 1 aliphatic rings. The van der Waals surface area contributed by atoms with E-state index < -0.39 is 17.3 Å². The van der Waals surface area contributed by atoms with Crippen LogP contribution in [0.25, 0.3) is 0 Å². The molecule has 2 aromatic carbocycles. The molecule has 0 radical (unpaired) electrons. The van der Waals surface area contributed by atoms with Crippen LogP contribution in [-0.2, 0) is 6.42 Å². The van der Waals surface area contributed by atoms with Crippen molar-refractivity contribution < 1.29 is 38.7 Å². The quantitative estimate of drug-likeness (QED) is 0.404. The van der Waals surface area contributed by atoms with Crippen molar-refractivity contribution in [2.75, 3.05) is 28.4 Å². The molecule has 0 saturated heterocycles. The van der Waals surface area contributed by atoms with Gasteiger partial charge in [-0.2, -0.15) is 0 Å². The van der Waals surface area contributed by atoms with Gasteiger partial charge in [0.1, 0.15) is 28.9 Å².